The van der Waals surface area contributed by atoms with Crippen LogP contribution in [0.1, 0.15) is 34.6 Å². The molecule has 0 aliphatic carbocycles. The molecule has 0 heterocycles. The van der Waals surface area contributed by atoms with Crippen LogP contribution in [0.4, 0.5) is 0 Å². The van der Waals surface area contributed by atoms with Gasteiger partial charge in [-0.1, -0.05) is 5.57 Å². The van der Waals surface area contributed by atoms with Gasteiger partial charge in [0.1, 0.15) is 6.61 Å². The highest BCUT2D eigenvalue weighted by Gasteiger charge is 2.38. The third-order valence-corrected chi connectivity index (χ3v) is 4.55. The Bertz CT molecular complexity index is 323. The molecule has 6 heteroatoms. The van der Waals surface area contributed by atoms with Crippen LogP contribution in [0.25, 0.3) is 0 Å². The summed E-state index contributed by atoms with van der Waals surface area (Å²) >= 11 is 0. The van der Waals surface area contributed by atoms with Crippen LogP contribution in [0, 0.1) is 0 Å². The minimum Gasteiger partial charge on any atom is -0.461 e. The van der Waals surface area contributed by atoms with Gasteiger partial charge in [0.2, 0.25) is 0 Å². The molecule has 0 saturated heterocycles. The molecule has 1 unspecified atom stereocenters. The number of esters is 1. The summed E-state index contributed by atoms with van der Waals surface area (Å²) in [6, 6.07) is 0. The SMILES string of the molecule is CCOP(=O)(OCC)C(C)C(=O)OCC=C(C)C. The second kappa shape index (κ2) is 8.46. The first-order chi connectivity index (χ1) is 8.37. The third kappa shape index (κ3) is 5.80. The summed E-state index contributed by atoms with van der Waals surface area (Å²) in [6.45, 7) is 9.33. The van der Waals surface area contributed by atoms with Gasteiger partial charge in [-0.2, -0.15) is 0 Å². The number of hydrogen-bond donors (Lipinski definition) is 0. The lowest BCUT2D eigenvalue weighted by Gasteiger charge is -2.21. The molecule has 0 aliphatic heterocycles. The molecule has 0 fully saturated rings. The Balaban J connectivity index is 4.57. The predicted octanol–water partition coefficient (Wildman–Crippen LogP) is 3.15. The smallest absolute Gasteiger partial charge is 0.344 e. The van der Waals surface area contributed by atoms with Crippen molar-refractivity contribution in [3.8, 4) is 0 Å². The Morgan fingerprint density at radius 1 is 1.22 bits per heavy atom. The summed E-state index contributed by atoms with van der Waals surface area (Å²) in [6.07, 6.45) is 1.77. The number of allylic oxidation sites excluding steroid dienone is 1. The molecule has 0 radical (unpaired) electrons. The molecule has 0 bridgehead atoms. The highest BCUT2D eigenvalue weighted by Crippen LogP contribution is 2.53. The maximum absolute atomic E-state index is 12.3. The molecule has 0 aliphatic rings. The maximum Gasteiger partial charge on any atom is 0.344 e. The van der Waals surface area contributed by atoms with E-state index in [9.17, 15) is 9.36 Å². The summed E-state index contributed by atoms with van der Waals surface area (Å²) in [4.78, 5) is 11.7. The average Bonchev–Trinajstić information content (AvgIpc) is 2.28. The molecule has 0 aromatic heterocycles. The molecule has 18 heavy (non-hydrogen) atoms. The fraction of sp³-hybridized carbons (Fsp3) is 0.750. The summed E-state index contributed by atoms with van der Waals surface area (Å²) in [7, 11) is -3.43. The minimum atomic E-state index is -3.43. The van der Waals surface area contributed by atoms with Crippen LogP contribution in [0.15, 0.2) is 11.6 Å². The van der Waals surface area contributed by atoms with E-state index in [1.807, 2.05) is 13.8 Å². The molecule has 0 spiro atoms. The van der Waals surface area contributed by atoms with Gasteiger partial charge < -0.3 is 13.8 Å². The summed E-state index contributed by atoms with van der Waals surface area (Å²) in [5.41, 5.74) is 0.135. The number of rotatable bonds is 8. The molecule has 0 rings (SSSR count). The minimum absolute atomic E-state index is 0.170. The zero-order valence-corrected chi connectivity index (χ0v) is 12.7. The molecule has 106 valence electrons. The van der Waals surface area contributed by atoms with Crippen LogP contribution in [0.3, 0.4) is 0 Å². The van der Waals surface area contributed by atoms with E-state index >= 15 is 0 Å². The van der Waals surface area contributed by atoms with Crippen molar-refractivity contribution in [3.05, 3.63) is 11.6 Å². The van der Waals surface area contributed by atoms with E-state index in [0.29, 0.717) is 0 Å². The number of carbonyl (C=O) groups is 1. The van der Waals surface area contributed by atoms with Gasteiger partial charge in [-0.25, -0.2) is 0 Å². The van der Waals surface area contributed by atoms with Crippen molar-refractivity contribution in [1.82, 2.24) is 0 Å². The van der Waals surface area contributed by atoms with Gasteiger partial charge in [0.25, 0.3) is 0 Å². The van der Waals surface area contributed by atoms with E-state index in [-0.39, 0.29) is 19.8 Å². The third-order valence-electron chi connectivity index (χ3n) is 2.15. The first-order valence-corrected chi connectivity index (χ1v) is 7.67. The van der Waals surface area contributed by atoms with Gasteiger partial charge in [-0.05, 0) is 40.7 Å². The van der Waals surface area contributed by atoms with E-state index in [1.54, 1.807) is 19.9 Å². The molecular formula is C12H23O5P. The van der Waals surface area contributed by atoms with Gasteiger partial charge in [-0.3, -0.25) is 9.36 Å². The van der Waals surface area contributed by atoms with E-state index in [2.05, 4.69) is 0 Å². The average molecular weight is 278 g/mol. The molecule has 0 amide bonds. The van der Waals surface area contributed by atoms with Crippen LogP contribution >= 0.6 is 7.60 Å². The second-order valence-corrected chi connectivity index (χ2v) is 6.33. The van der Waals surface area contributed by atoms with Crippen molar-refractivity contribution in [1.29, 1.82) is 0 Å². The van der Waals surface area contributed by atoms with Gasteiger partial charge in [0.05, 0.1) is 13.2 Å². The molecular weight excluding hydrogens is 255 g/mol. The molecule has 5 nitrogen and oxygen atoms in total. The van der Waals surface area contributed by atoms with E-state index < -0.39 is 19.2 Å². The predicted molar refractivity (Wildman–Crippen MR) is 70.7 cm³/mol. The Morgan fingerprint density at radius 3 is 2.11 bits per heavy atom. The Kier molecular flexibility index (Phi) is 8.16. The van der Waals surface area contributed by atoms with Gasteiger partial charge in [0, 0.05) is 0 Å². The van der Waals surface area contributed by atoms with Crippen molar-refractivity contribution < 1.29 is 23.1 Å². The van der Waals surface area contributed by atoms with Crippen molar-refractivity contribution in [3.63, 3.8) is 0 Å². The van der Waals surface area contributed by atoms with Crippen LogP contribution in [-0.4, -0.2) is 31.4 Å². The lowest BCUT2D eigenvalue weighted by atomic mass is 10.3. The number of hydrogen-bond acceptors (Lipinski definition) is 5. The van der Waals surface area contributed by atoms with Crippen molar-refractivity contribution in [2.24, 2.45) is 0 Å². The summed E-state index contributed by atoms with van der Waals surface area (Å²) in [5.74, 6) is -0.572. The first-order valence-electron chi connectivity index (χ1n) is 6.06. The number of carbonyl (C=O) groups excluding carboxylic acids is 1. The highest BCUT2D eigenvalue weighted by molar-refractivity contribution is 7.55. The fourth-order valence-corrected chi connectivity index (χ4v) is 2.74. The molecule has 0 aromatic rings. The molecule has 0 aromatic carbocycles. The van der Waals surface area contributed by atoms with Crippen LogP contribution in [0.2, 0.25) is 0 Å². The summed E-state index contributed by atoms with van der Waals surface area (Å²) < 4.78 is 27.5. The Labute approximate surface area is 109 Å². The van der Waals surface area contributed by atoms with E-state index in [0.717, 1.165) is 5.57 Å². The van der Waals surface area contributed by atoms with Crippen molar-refractivity contribution >= 4 is 13.6 Å². The zero-order valence-electron chi connectivity index (χ0n) is 11.8. The summed E-state index contributed by atoms with van der Waals surface area (Å²) in [5, 5.41) is 0. The van der Waals surface area contributed by atoms with Gasteiger partial charge in [0.15, 0.2) is 5.66 Å². The lowest BCUT2D eigenvalue weighted by Crippen LogP contribution is -2.23. The second-order valence-electron chi connectivity index (χ2n) is 3.96. The highest BCUT2D eigenvalue weighted by atomic mass is 31.2. The maximum atomic E-state index is 12.3. The zero-order chi connectivity index (χ0) is 14.2. The standard InChI is InChI=1S/C12H23O5P/c1-6-16-18(14,17-7-2)11(5)12(13)15-9-8-10(3)4/h8,11H,6-7,9H2,1-5H3. The van der Waals surface area contributed by atoms with Gasteiger partial charge >= 0.3 is 13.6 Å². The lowest BCUT2D eigenvalue weighted by molar-refractivity contribution is -0.142. The monoisotopic (exact) mass is 278 g/mol. The van der Waals surface area contributed by atoms with Gasteiger partial charge in [-0.15, -0.1) is 0 Å². The first kappa shape index (κ1) is 17.4. The van der Waals surface area contributed by atoms with E-state index in [4.69, 9.17) is 13.8 Å². The largest absolute Gasteiger partial charge is 0.461 e. The molecule has 0 saturated carbocycles. The number of ether oxygens (including phenoxy) is 1. The van der Waals surface area contributed by atoms with Crippen LogP contribution < -0.4 is 0 Å². The van der Waals surface area contributed by atoms with Crippen molar-refractivity contribution in [2.45, 2.75) is 40.3 Å². The Hall–Kier alpha value is -0.640. The van der Waals surface area contributed by atoms with E-state index in [1.165, 1.54) is 6.92 Å². The quantitative estimate of drug-likeness (QED) is 0.388. The van der Waals surface area contributed by atoms with Crippen LogP contribution in [0.5, 0.6) is 0 Å². The topological polar surface area (TPSA) is 61.8 Å². The fourth-order valence-electron chi connectivity index (χ4n) is 1.16. The molecule has 0 N–H and O–H groups in total. The Morgan fingerprint density at radius 2 is 1.72 bits per heavy atom. The van der Waals surface area contributed by atoms with Crippen LogP contribution in [-0.2, 0) is 23.1 Å². The van der Waals surface area contributed by atoms with Crippen molar-refractivity contribution in [2.75, 3.05) is 19.8 Å². The normalized spacial score (nSPS) is 12.9. The molecule has 1 atom stereocenters.